The molecule has 1 spiro atoms. The number of ether oxygens (including phenoxy) is 2. The second-order valence-electron chi connectivity index (χ2n) is 18.5. The number of hydrogen-bond acceptors (Lipinski definition) is 14. The van der Waals surface area contributed by atoms with E-state index < -0.39 is 35.9 Å². The number of amides is 5. The number of carbonyl (C=O) groups excluding carboxylic acids is 5. The van der Waals surface area contributed by atoms with Gasteiger partial charge in [-0.3, -0.25) is 39.1 Å². The summed E-state index contributed by atoms with van der Waals surface area (Å²) in [5.74, 6) is -0.659. The number of piperidine rings is 1. The number of hydrogen-bond donors (Lipinski definition) is 3. The summed E-state index contributed by atoms with van der Waals surface area (Å²) in [5.41, 5.74) is 5.09. The molecule has 4 atom stereocenters. The number of fused-ring (bicyclic) bond motifs is 2. The molecule has 16 nitrogen and oxygen atoms in total. The van der Waals surface area contributed by atoms with E-state index in [-0.39, 0.29) is 30.2 Å². The van der Waals surface area contributed by atoms with Gasteiger partial charge in [-0.05, 0) is 100 Å². The second-order valence-corrected chi connectivity index (χ2v) is 19.6. The standard InChI is InChI=1S/C47H58N8O8S/c1-50(2)25-35-37(62-4)20-28(21-38(35)63-5)34-26-51(3)44(59)33-23-39(64-41(33)34)43(58)48-29-10-11-47(24-29)12-13-53(27-47)15-14-52-16-18-54(19-17-52)30-6-7-31-32(22-30)46(61)55(45(31)60)36-8-9-40(56)49-42(36)57/h6-7,20-23,26,29,36,44,59H,8-19,24-25,27H2,1-5H3,(H,48,58)(H,49,56,57). The molecule has 3 N–H and O–H groups in total. The van der Waals surface area contributed by atoms with E-state index in [0.29, 0.717) is 39.6 Å². The molecule has 3 saturated heterocycles. The molecular formula is C47H58N8O8S. The summed E-state index contributed by atoms with van der Waals surface area (Å²) in [7, 11) is 9.14. The molecule has 2 aromatic carbocycles. The van der Waals surface area contributed by atoms with Gasteiger partial charge in [-0.15, -0.1) is 11.3 Å². The predicted molar refractivity (Wildman–Crippen MR) is 241 cm³/mol. The molecule has 64 heavy (non-hydrogen) atoms. The highest BCUT2D eigenvalue weighted by molar-refractivity contribution is 7.15. The first-order valence-electron chi connectivity index (χ1n) is 22.3. The quantitative estimate of drug-likeness (QED) is 0.227. The Bertz CT molecular complexity index is 2380. The Morgan fingerprint density at radius 2 is 1.64 bits per heavy atom. The molecule has 1 aromatic heterocycles. The number of methoxy groups -OCH3 is 2. The van der Waals surface area contributed by atoms with E-state index >= 15 is 0 Å². The summed E-state index contributed by atoms with van der Waals surface area (Å²) in [4.78, 5) is 78.2. The lowest BCUT2D eigenvalue weighted by molar-refractivity contribution is -0.136. The lowest BCUT2D eigenvalue weighted by Gasteiger charge is -2.37. The molecular weight excluding hydrogens is 837 g/mol. The third kappa shape index (κ3) is 8.28. The van der Waals surface area contributed by atoms with Crippen molar-refractivity contribution in [1.82, 2.24) is 35.1 Å². The molecule has 340 valence electrons. The Kier molecular flexibility index (Phi) is 12.1. The fraction of sp³-hybridized carbons (Fsp3) is 0.511. The van der Waals surface area contributed by atoms with Gasteiger partial charge in [0.2, 0.25) is 11.8 Å². The average Bonchev–Trinajstić information content (AvgIpc) is 4.07. The Labute approximate surface area is 377 Å². The van der Waals surface area contributed by atoms with Crippen LogP contribution < -0.4 is 25.0 Å². The van der Waals surface area contributed by atoms with Crippen LogP contribution in [0.4, 0.5) is 5.69 Å². The Balaban J connectivity index is 0.766. The van der Waals surface area contributed by atoms with Crippen molar-refractivity contribution in [2.45, 2.75) is 63.4 Å². The van der Waals surface area contributed by atoms with E-state index in [4.69, 9.17) is 9.47 Å². The summed E-state index contributed by atoms with van der Waals surface area (Å²) in [6.45, 7) is 7.99. The third-order valence-corrected chi connectivity index (χ3v) is 15.3. The zero-order valence-corrected chi connectivity index (χ0v) is 38.1. The fourth-order valence-electron chi connectivity index (χ4n) is 10.6. The fourth-order valence-corrected chi connectivity index (χ4v) is 11.8. The number of likely N-dealkylation sites (tertiary alicyclic amines) is 1. The number of aliphatic hydroxyl groups excluding tert-OH is 1. The second kappa shape index (κ2) is 17.6. The molecule has 5 amide bonds. The molecule has 0 radical (unpaired) electrons. The van der Waals surface area contributed by atoms with Gasteiger partial charge in [0.25, 0.3) is 17.7 Å². The molecule has 4 unspecified atom stereocenters. The van der Waals surface area contributed by atoms with Gasteiger partial charge in [-0.2, -0.15) is 0 Å². The van der Waals surface area contributed by atoms with Crippen molar-refractivity contribution < 1.29 is 38.6 Å². The maximum absolute atomic E-state index is 13.9. The normalized spacial score (nSPS) is 25.0. The van der Waals surface area contributed by atoms with Crippen molar-refractivity contribution in [1.29, 1.82) is 0 Å². The number of nitrogens with zero attached hydrogens (tertiary/aromatic N) is 6. The molecule has 3 aromatic rings. The van der Waals surface area contributed by atoms with Gasteiger partial charge in [0.1, 0.15) is 17.5 Å². The monoisotopic (exact) mass is 894 g/mol. The summed E-state index contributed by atoms with van der Waals surface area (Å²) in [6, 6.07) is 10.3. The predicted octanol–water partition coefficient (Wildman–Crippen LogP) is 3.35. The Morgan fingerprint density at radius 3 is 2.34 bits per heavy atom. The van der Waals surface area contributed by atoms with Crippen molar-refractivity contribution >= 4 is 52.1 Å². The van der Waals surface area contributed by atoms with E-state index in [1.165, 1.54) is 11.3 Å². The van der Waals surface area contributed by atoms with Crippen LogP contribution in [0.25, 0.3) is 5.57 Å². The first-order valence-corrected chi connectivity index (χ1v) is 23.1. The first-order chi connectivity index (χ1) is 30.7. The van der Waals surface area contributed by atoms with Gasteiger partial charge in [0.15, 0.2) is 6.23 Å². The topological polar surface area (TPSA) is 168 Å². The molecule has 17 heteroatoms. The molecule has 4 fully saturated rings. The first kappa shape index (κ1) is 43.9. The van der Waals surface area contributed by atoms with E-state index in [9.17, 15) is 29.1 Å². The van der Waals surface area contributed by atoms with Gasteiger partial charge < -0.3 is 39.5 Å². The molecule has 9 rings (SSSR count). The average molecular weight is 895 g/mol. The van der Waals surface area contributed by atoms with E-state index in [1.807, 2.05) is 51.6 Å². The van der Waals surface area contributed by atoms with Gasteiger partial charge >= 0.3 is 0 Å². The maximum Gasteiger partial charge on any atom is 0.262 e. The van der Waals surface area contributed by atoms with Crippen LogP contribution in [-0.4, -0.2) is 159 Å². The molecule has 6 heterocycles. The summed E-state index contributed by atoms with van der Waals surface area (Å²) in [5, 5.41) is 16.8. The Hall–Kier alpha value is -5.33. The van der Waals surface area contributed by atoms with Crippen LogP contribution in [0.3, 0.4) is 0 Å². The van der Waals surface area contributed by atoms with Crippen LogP contribution in [0.1, 0.15) is 96.7 Å². The summed E-state index contributed by atoms with van der Waals surface area (Å²) < 4.78 is 11.6. The number of thiophene rings is 1. The third-order valence-electron chi connectivity index (χ3n) is 14.1. The number of benzene rings is 2. The van der Waals surface area contributed by atoms with Gasteiger partial charge in [-0.1, -0.05) is 0 Å². The number of imide groups is 2. The number of nitrogens with one attached hydrogen (secondary N) is 2. The van der Waals surface area contributed by atoms with Crippen LogP contribution in [0, 0.1) is 5.41 Å². The highest BCUT2D eigenvalue weighted by Crippen LogP contribution is 2.47. The highest BCUT2D eigenvalue weighted by Gasteiger charge is 2.46. The zero-order valence-electron chi connectivity index (χ0n) is 37.3. The minimum atomic E-state index is -0.979. The van der Waals surface area contributed by atoms with Crippen molar-refractivity contribution in [3.8, 4) is 11.5 Å². The number of anilines is 1. The van der Waals surface area contributed by atoms with Crippen molar-refractivity contribution in [3.05, 3.63) is 80.2 Å². The smallest absolute Gasteiger partial charge is 0.262 e. The van der Waals surface area contributed by atoms with Crippen LogP contribution >= 0.6 is 11.3 Å². The maximum atomic E-state index is 13.9. The van der Waals surface area contributed by atoms with E-state index in [2.05, 4.69) is 30.2 Å². The van der Waals surface area contributed by atoms with Gasteiger partial charge in [0.05, 0.1) is 35.8 Å². The molecule has 1 aliphatic carbocycles. The zero-order chi connectivity index (χ0) is 45.0. The lowest BCUT2D eigenvalue weighted by Crippen LogP contribution is -2.54. The summed E-state index contributed by atoms with van der Waals surface area (Å²) in [6.07, 6.45) is 5.37. The SMILES string of the molecule is COc1cc(C2=CN(C)C(O)c3cc(C(=O)NC4CCC5(CCN(CCN6CCN(c7ccc8c(c7)C(=O)N(C7CCC(=O)NC7=O)C8=O)CC6)C5)C4)sc32)cc(OC)c1CN(C)C. The number of carbonyl (C=O) groups is 5. The number of piperazine rings is 1. The minimum Gasteiger partial charge on any atom is -0.496 e. The highest BCUT2D eigenvalue weighted by atomic mass is 32.1. The van der Waals surface area contributed by atoms with Crippen LogP contribution in [0.15, 0.2) is 42.6 Å². The van der Waals surface area contributed by atoms with Crippen molar-refractivity contribution in [2.75, 3.05) is 92.6 Å². The van der Waals surface area contributed by atoms with Crippen molar-refractivity contribution in [2.24, 2.45) is 5.41 Å². The van der Waals surface area contributed by atoms with Crippen LogP contribution in [0.2, 0.25) is 0 Å². The van der Waals surface area contributed by atoms with Gasteiger partial charge in [0, 0.05) is 99.8 Å². The number of rotatable bonds is 12. The summed E-state index contributed by atoms with van der Waals surface area (Å²) >= 11 is 1.41. The Morgan fingerprint density at radius 1 is 0.922 bits per heavy atom. The van der Waals surface area contributed by atoms with Gasteiger partial charge in [-0.25, -0.2) is 0 Å². The van der Waals surface area contributed by atoms with Crippen LogP contribution in [-0.2, 0) is 16.1 Å². The molecule has 6 aliphatic rings. The number of aliphatic hydroxyl groups is 1. The van der Waals surface area contributed by atoms with Crippen LogP contribution in [0.5, 0.6) is 11.5 Å². The molecule has 0 bridgehead atoms. The van der Waals surface area contributed by atoms with E-state index in [0.717, 1.165) is 110 Å². The molecule has 1 saturated carbocycles. The molecule has 5 aliphatic heterocycles. The minimum absolute atomic E-state index is 0.0883. The largest absolute Gasteiger partial charge is 0.496 e. The van der Waals surface area contributed by atoms with E-state index in [1.54, 1.807) is 31.3 Å². The lowest BCUT2D eigenvalue weighted by atomic mass is 9.85. The van der Waals surface area contributed by atoms with Crippen molar-refractivity contribution in [3.63, 3.8) is 0 Å².